The van der Waals surface area contributed by atoms with Crippen molar-refractivity contribution in [2.75, 3.05) is 31.5 Å². The molecule has 8 nitrogen and oxygen atoms in total. The highest BCUT2D eigenvalue weighted by molar-refractivity contribution is 5.89. The molecular formula is C27H30N6O2. The van der Waals surface area contributed by atoms with Crippen LogP contribution in [-0.4, -0.2) is 64.1 Å². The number of hydrogen-bond acceptors (Lipinski definition) is 7. The number of piperazine rings is 1. The number of nitrogens with one attached hydrogen (secondary N) is 1. The predicted octanol–water partition coefficient (Wildman–Crippen LogP) is 4.18. The zero-order chi connectivity index (χ0) is 24.0. The molecule has 180 valence electrons. The number of carbonyl (C=O) groups is 1. The SMILES string of the molecule is N#Cc1ccc2ncnc(N[C@H]3CC[C@@H](N4CCN(C(=O)OCc5ccccc5)CC4)CC3)c2c1. The van der Waals surface area contributed by atoms with Gasteiger partial charge in [0, 0.05) is 43.6 Å². The van der Waals surface area contributed by atoms with Gasteiger partial charge in [0.2, 0.25) is 0 Å². The quantitative estimate of drug-likeness (QED) is 0.598. The number of aromatic nitrogens is 2. The summed E-state index contributed by atoms with van der Waals surface area (Å²) in [4.78, 5) is 25.6. The molecule has 2 aliphatic rings. The summed E-state index contributed by atoms with van der Waals surface area (Å²) in [6.45, 7) is 3.50. The second-order valence-corrected chi connectivity index (χ2v) is 9.28. The first-order valence-electron chi connectivity index (χ1n) is 12.3. The molecule has 5 rings (SSSR count). The van der Waals surface area contributed by atoms with Gasteiger partial charge in [0.05, 0.1) is 17.1 Å². The molecule has 8 heteroatoms. The Morgan fingerprint density at radius 3 is 2.54 bits per heavy atom. The van der Waals surface area contributed by atoms with Crippen LogP contribution in [0.4, 0.5) is 10.6 Å². The smallest absolute Gasteiger partial charge is 0.410 e. The fourth-order valence-electron chi connectivity index (χ4n) is 5.10. The Labute approximate surface area is 205 Å². The third-order valence-electron chi connectivity index (χ3n) is 7.10. The van der Waals surface area contributed by atoms with Crippen LogP contribution in [0.25, 0.3) is 10.9 Å². The second-order valence-electron chi connectivity index (χ2n) is 9.28. The Morgan fingerprint density at radius 2 is 1.80 bits per heavy atom. The molecule has 0 unspecified atom stereocenters. The standard InChI is InChI=1S/C27H30N6O2/c28-17-21-6-11-25-24(16-21)26(30-19-29-25)31-22-7-9-23(10-8-22)32-12-14-33(15-13-32)27(34)35-18-20-4-2-1-3-5-20/h1-6,11,16,19,22-23H,7-10,12-15,18H2,(H,29,30,31)/t22-,23+. The molecule has 0 bridgehead atoms. The van der Waals surface area contributed by atoms with E-state index in [-0.39, 0.29) is 6.09 Å². The maximum absolute atomic E-state index is 12.5. The van der Waals surface area contributed by atoms with Crippen LogP contribution in [0.2, 0.25) is 0 Å². The fraction of sp³-hybridized carbons (Fsp3) is 0.407. The Kier molecular flexibility index (Phi) is 7.05. The molecular weight excluding hydrogens is 440 g/mol. The number of nitrogens with zero attached hydrogens (tertiary/aromatic N) is 5. The Hall–Kier alpha value is -3.70. The van der Waals surface area contributed by atoms with Crippen molar-refractivity contribution in [3.8, 4) is 6.07 Å². The molecule has 2 aromatic carbocycles. The zero-order valence-corrected chi connectivity index (χ0v) is 19.8. The Balaban J connectivity index is 1.09. The van der Waals surface area contributed by atoms with Crippen LogP contribution < -0.4 is 5.32 Å². The van der Waals surface area contributed by atoms with E-state index in [1.54, 1.807) is 12.4 Å². The van der Waals surface area contributed by atoms with E-state index in [9.17, 15) is 10.1 Å². The van der Waals surface area contributed by atoms with Gasteiger partial charge in [0.25, 0.3) is 0 Å². The minimum Gasteiger partial charge on any atom is -0.445 e. The summed E-state index contributed by atoms with van der Waals surface area (Å²) < 4.78 is 5.50. The number of amides is 1. The third-order valence-corrected chi connectivity index (χ3v) is 7.10. The van der Waals surface area contributed by atoms with Gasteiger partial charge >= 0.3 is 6.09 Å². The predicted molar refractivity (Wildman–Crippen MR) is 134 cm³/mol. The van der Waals surface area contributed by atoms with Crippen molar-refractivity contribution in [2.24, 2.45) is 0 Å². The van der Waals surface area contributed by atoms with E-state index in [1.807, 2.05) is 47.4 Å². The summed E-state index contributed by atoms with van der Waals surface area (Å²) in [6.07, 6.45) is 5.71. The molecule has 35 heavy (non-hydrogen) atoms. The average Bonchev–Trinajstić information content (AvgIpc) is 2.93. The van der Waals surface area contributed by atoms with E-state index < -0.39 is 0 Å². The van der Waals surface area contributed by atoms with Crippen LogP contribution in [0.5, 0.6) is 0 Å². The highest BCUT2D eigenvalue weighted by atomic mass is 16.6. The van der Waals surface area contributed by atoms with E-state index in [4.69, 9.17) is 4.74 Å². The molecule has 1 amide bonds. The lowest BCUT2D eigenvalue weighted by atomic mass is 9.89. The summed E-state index contributed by atoms with van der Waals surface area (Å²) in [7, 11) is 0. The Morgan fingerprint density at radius 1 is 1.03 bits per heavy atom. The lowest BCUT2D eigenvalue weighted by Gasteiger charge is -2.41. The number of fused-ring (bicyclic) bond motifs is 1. The number of anilines is 1. The highest BCUT2D eigenvalue weighted by Gasteiger charge is 2.30. The van der Waals surface area contributed by atoms with E-state index in [2.05, 4.69) is 26.3 Å². The molecule has 0 spiro atoms. The van der Waals surface area contributed by atoms with Gasteiger partial charge in [-0.3, -0.25) is 4.90 Å². The molecule has 1 N–H and O–H groups in total. The van der Waals surface area contributed by atoms with Crippen LogP contribution in [0, 0.1) is 11.3 Å². The van der Waals surface area contributed by atoms with Gasteiger partial charge < -0.3 is 15.0 Å². The van der Waals surface area contributed by atoms with Crippen molar-refractivity contribution >= 4 is 22.8 Å². The minimum atomic E-state index is -0.224. The number of ether oxygens (including phenoxy) is 1. The van der Waals surface area contributed by atoms with Gasteiger partial charge in [-0.25, -0.2) is 14.8 Å². The summed E-state index contributed by atoms with van der Waals surface area (Å²) in [5.41, 5.74) is 2.46. The molecule has 1 saturated heterocycles. The van der Waals surface area contributed by atoms with E-state index >= 15 is 0 Å². The van der Waals surface area contributed by atoms with E-state index in [0.29, 0.717) is 37.3 Å². The van der Waals surface area contributed by atoms with Crippen LogP contribution >= 0.6 is 0 Å². The molecule has 1 aliphatic carbocycles. The molecule has 3 aromatic rings. The highest BCUT2D eigenvalue weighted by Crippen LogP contribution is 2.28. The first-order valence-corrected chi connectivity index (χ1v) is 12.3. The largest absolute Gasteiger partial charge is 0.445 e. The van der Waals surface area contributed by atoms with Crippen molar-refractivity contribution in [1.82, 2.24) is 19.8 Å². The number of benzene rings is 2. The van der Waals surface area contributed by atoms with Crippen molar-refractivity contribution < 1.29 is 9.53 Å². The fourth-order valence-corrected chi connectivity index (χ4v) is 5.10. The number of carbonyl (C=O) groups excluding carboxylic acids is 1. The zero-order valence-electron chi connectivity index (χ0n) is 19.8. The van der Waals surface area contributed by atoms with Crippen molar-refractivity contribution in [3.05, 3.63) is 66.0 Å². The first kappa shape index (κ1) is 23.1. The summed E-state index contributed by atoms with van der Waals surface area (Å²) in [5, 5.41) is 13.7. The van der Waals surface area contributed by atoms with Crippen molar-refractivity contribution in [3.63, 3.8) is 0 Å². The summed E-state index contributed by atoms with van der Waals surface area (Å²) in [6, 6.07) is 18.4. The maximum Gasteiger partial charge on any atom is 0.410 e. The van der Waals surface area contributed by atoms with E-state index in [1.165, 1.54) is 0 Å². The van der Waals surface area contributed by atoms with Crippen LogP contribution in [0.3, 0.4) is 0 Å². The third kappa shape index (κ3) is 5.52. The molecule has 1 saturated carbocycles. The molecule has 1 aliphatic heterocycles. The number of hydrogen-bond donors (Lipinski definition) is 1. The lowest BCUT2D eigenvalue weighted by Crippen LogP contribution is -2.53. The van der Waals surface area contributed by atoms with Gasteiger partial charge in [0.15, 0.2) is 0 Å². The summed E-state index contributed by atoms with van der Waals surface area (Å²) >= 11 is 0. The number of rotatable bonds is 5. The number of nitriles is 1. The molecule has 0 atom stereocenters. The maximum atomic E-state index is 12.5. The van der Waals surface area contributed by atoms with Crippen LogP contribution in [0.1, 0.15) is 36.8 Å². The van der Waals surface area contributed by atoms with Crippen LogP contribution in [0.15, 0.2) is 54.9 Å². The van der Waals surface area contributed by atoms with Gasteiger partial charge in [-0.1, -0.05) is 30.3 Å². The molecule has 0 radical (unpaired) electrons. The molecule has 2 heterocycles. The average molecular weight is 471 g/mol. The van der Waals surface area contributed by atoms with Gasteiger partial charge in [-0.15, -0.1) is 0 Å². The monoisotopic (exact) mass is 470 g/mol. The van der Waals surface area contributed by atoms with Crippen LogP contribution in [-0.2, 0) is 11.3 Å². The second kappa shape index (κ2) is 10.7. The summed E-state index contributed by atoms with van der Waals surface area (Å²) in [5.74, 6) is 0.804. The van der Waals surface area contributed by atoms with Crippen molar-refractivity contribution in [2.45, 2.75) is 44.4 Å². The topological polar surface area (TPSA) is 94.4 Å². The van der Waals surface area contributed by atoms with E-state index in [0.717, 1.165) is 61.1 Å². The molecule has 1 aromatic heterocycles. The normalized spacial score (nSPS) is 20.8. The van der Waals surface area contributed by atoms with Crippen molar-refractivity contribution in [1.29, 1.82) is 5.26 Å². The van der Waals surface area contributed by atoms with Gasteiger partial charge in [-0.2, -0.15) is 5.26 Å². The van der Waals surface area contributed by atoms with Gasteiger partial charge in [-0.05, 0) is 49.4 Å². The minimum absolute atomic E-state index is 0.224. The first-order chi connectivity index (χ1) is 17.2. The van der Waals surface area contributed by atoms with Gasteiger partial charge in [0.1, 0.15) is 18.8 Å². The Bertz CT molecular complexity index is 1200. The molecule has 2 fully saturated rings. The lowest BCUT2D eigenvalue weighted by molar-refractivity contribution is 0.0522.